The van der Waals surface area contributed by atoms with Crippen molar-refractivity contribution in [3.8, 4) is 17.0 Å². The Bertz CT molecular complexity index is 2850. The van der Waals surface area contributed by atoms with Gasteiger partial charge in [0.2, 0.25) is 23.6 Å². The first kappa shape index (κ1) is 62.4. The maximum Gasteiger partial charge on any atom is 0.437 e. The van der Waals surface area contributed by atoms with Gasteiger partial charge in [-0.15, -0.1) is 4.99 Å². The van der Waals surface area contributed by atoms with Crippen LogP contribution in [0, 0.1) is 11.6 Å². The van der Waals surface area contributed by atoms with Gasteiger partial charge in [-0.25, -0.2) is 28.7 Å². The second-order valence-corrected chi connectivity index (χ2v) is 21.6. The van der Waals surface area contributed by atoms with Crippen LogP contribution in [0.3, 0.4) is 0 Å². The SMILES string of the molecule is CCc1cc(Nc2nccn3c(-c4ccc(OC)c(F)c4F)cnc23)ccc1C(=O)NCCCNC(=O)C(CN/C(=N\C(=O)OC(C)(C)C)NC(=O)OC(C)(C)C)NC(=O)[C@H](CCC(=O)OC(C)(C)C)NC(=O)OC(C)(C)C. The number of carbonyl (C=O) groups excluding carboxylic acids is 7. The fourth-order valence-electron chi connectivity index (χ4n) is 7.08. The molecule has 7 N–H and O–H groups in total. The summed E-state index contributed by atoms with van der Waals surface area (Å²) in [6, 6.07) is 4.82. The highest BCUT2D eigenvalue weighted by Gasteiger charge is 2.31. The number of benzene rings is 2. The van der Waals surface area contributed by atoms with E-state index in [0.29, 0.717) is 34.7 Å². The Hall–Kier alpha value is -8.12. The van der Waals surface area contributed by atoms with E-state index in [1.54, 1.807) is 112 Å². The third-order valence-corrected chi connectivity index (χ3v) is 10.3. The number of aryl methyl sites for hydroxylation is 1. The number of aromatic nitrogens is 3. The fourth-order valence-corrected chi connectivity index (χ4v) is 7.08. The number of anilines is 2. The summed E-state index contributed by atoms with van der Waals surface area (Å²) in [5.41, 5.74) is -1.60. The Morgan fingerprint density at radius 2 is 1.36 bits per heavy atom. The van der Waals surface area contributed by atoms with Crippen molar-refractivity contribution in [2.75, 3.05) is 32.1 Å². The summed E-state index contributed by atoms with van der Waals surface area (Å²) in [5.74, 6) is -5.43. The average molecular weight is 1090 g/mol. The summed E-state index contributed by atoms with van der Waals surface area (Å²) in [4.78, 5) is 106. The molecule has 6 amide bonds. The maximum absolute atomic E-state index is 15.1. The van der Waals surface area contributed by atoms with Crippen molar-refractivity contribution in [3.63, 3.8) is 0 Å². The van der Waals surface area contributed by atoms with E-state index in [9.17, 15) is 38.0 Å². The number of amides is 6. The third-order valence-electron chi connectivity index (χ3n) is 10.3. The summed E-state index contributed by atoms with van der Waals surface area (Å²) in [6.45, 7) is 20.9. The van der Waals surface area contributed by atoms with Crippen molar-refractivity contribution in [1.29, 1.82) is 0 Å². The molecule has 2 aromatic carbocycles. The molecule has 0 radical (unpaired) electrons. The number of nitrogens with one attached hydrogen (secondary N) is 7. The van der Waals surface area contributed by atoms with Crippen molar-refractivity contribution >= 4 is 65.1 Å². The minimum atomic E-state index is -1.51. The Labute approximate surface area is 452 Å². The lowest BCUT2D eigenvalue weighted by molar-refractivity contribution is -0.155. The van der Waals surface area contributed by atoms with Crippen LogP contribution >= 0.6 is 0 Å². The van der Waals surface area contributed by atoms with Crippen molar-refractivity contribution in [2.45, 2.75) is 150 Å². The van der Waals surface area contributed by atoms with Gasteiger partial charge in [-0.1, -0.05) is 6.92 Å². The minimum absolute atomic E-state index is 0.0314. The van der Waals surface area contributed by atoms with E-state index >= 15 is 4.39 Å². The highest BCUT2D eigenvalue weighted by molar-refractivity contribution is 6.00. The van der Waals surface area contributed by atoms with Crippen LogP contribution in [0.4, 0.5) is 34.7 Å². The van der Waals surface area contributed by atoms with Crippen LogP contribution in [0.2, 0.25) is 0 Å². The Morgan fingerprint density at radius 1 is 0.718 bits per heavy atom. The molecule has 2 atom stereocenters. The zero-order valence-electron chi connectivity index (χ0n) is 46.7. The molecule has 4 rings (SSSR count). The number of ether oxygens (including phenoxy) is 5. The number of rotatable bonds is 19. The molecule has 0 spiro atoms. The standard InChI is InChI=1S/C53H73F2N11O12/c1-15-30-27-31(61-41-42-59-29-36(66(42)26-25-56-41)33-19-21-37(74-14)40(55)39(33)54)17-18-32(30)43(68)57-23-16-24-58-44(69)35(28-60-46(64-48(72)77-52(8,9)10)65-49(73)78-53(11,12)13)62-45(70)34(63-47(71)76-51(5,6)7)20-22-38(67)75-50(2,3)4/h17-19,21,25-27,29,34-35H,15-16,20,22-24,28H2,1-14H3,(H,56,61)(H,57,68)(H,58,69)(H,62,70)(H,63,71)(H2,60,64,65,72,73)/t34-,35?/m0/s1. The molecule has 0 saturated heterocycles. The van der Waals surface area contributed by atoms with Crippen LogP contribution in [0.1, 0.15) is 125 Å². The van der Waals surface area contributed by atoms with E-state index in [1.165, 1.54) is 31.6 Å². The minimum Gasteiger partial charge on any atom is -0.494 e. The number of halogens is 2. The molecule has 0 aliphatic rings. The van der Waals surface area contributed by atoms with Gasteiger partial charge in [0.05, 0.1) is 19.0 Å². The monoisotopic (exact) mass is 1090 g/mol. The first-order chi connectivity index (χ1) is 36.3. The topological polar surface area (TPSA) is 292 Å². The smallest absolute Gasteiger partial charge is 0.437 e. The highest BCUT2D eigenvalue weighted by Crippen LogP contribution is 2.32. The van der Waals surface area contributed by atoms with Gasteiger partial charge in [0, 0.05) is 55.3 Å². The average Bonchev–Trinajstić information content (AvgIpc) is 3.75. The van der Waals surface area contributed by atoms with Crippen LogP contribution in [0.15, 0.2) is 53.9 Å². The van der Waals surface area contributed by atoms with E-state index in [2.05, 4.69) is 52.2 Å². The van der Waals surface area contributed by atoms with Crippen molar-refractivity contribution < 1.29 is 66.0 Å². The molecule has 2 heterocycles. The summed E-state index contributed by atoms with van der Waals surface area (Å²) < 4.78 is 57.5. The predicted molar refractivity (Wildman–Crippen MR) is 285 cm³/mol. The normalized spacial score (nSPS) is 12.8. The van der Waals surface area contributed by atoms with Gasteiger partial charge < -0.3 is 55.6 Å². The number of guanidine groups is 1. The fraction of sp³-hybridized carbons (Fsp3) is 0.509. The molecule has 0 fully saturated rings. The zero-order valence-corrected chi connectivity index (χ0v) is 46.7. The Balaban J connectivity index is 1.50. The van der Waals surface area contributed by atoms with Gasteiger partial charge in [0.25, 0.3) is 5.91 Å². The number of hydrogen-bond donors (Lipinski definition) is 7. The highest BCUT2D eigenvalue weighted by atomic mass is 19.2. The number of imidazole rings is 1. The molecule has 78 heavy (non-hydrogen) atoms. The van der Waals surface area contributed by atoms with E-state index in [4.69, 9.17) is 23.7 Å². The molecular formula is C53H73F2N11O12. The largest absolute Gasteiger partial charge is 0.494 e. The molecule has 0 saturated carbocycles. The van der Waals surface area contributed by atoms with Gasteiger partial charge in [0.15, 0.2) is 23.0 Å². The number of esters is 1. The van der Waals surface area contributed by atoms with Crippen molar-refractivity contribution in [2.24, 2.45) is 4.99 Å². The first-order valence-corrected chi connectivity index (χ1v) is 25.1. The lowest BCUT2D eigenvalue weighted by atomic mass is 10.0. The van der Waals surface area contributed by atoms with Gasteiger partial charge in [-0.3, -0.25) is 28.9 Å². The van der Waals surface area contributed by atoms with E-state index in [1.807, 2.05) is 6.92 Å². The molecule has 0 aliphatic carbocycles. The van der Waals surface area contributed by atoms with Gasteiger partial charge in [0.1, 0.15) is 34.5 Å². The number of hydrogen-bond acceptors (Lipinski definition) is 15. The first-order valence-electron chi connectivity index (χ1n) is 25.1. The summed E-state index contributed by atoms with van der Waals surface area (Å²) in [6.07, 6.45) is 1.38. The Kier molecular flexibility index (Phi) is 21.4. The second kappa shape index (κ2) is 26.8. The van der Waals surface area contributed by atoms with Gasteiger partial charge in [-0.2, -0.15) is 4.39 Å². The number of nitrogens with zero attached hydrogens (tertiary/aromatic N) is 4. The maximum atomic E-state index is 15.1. The summed E-state index contributed by atoms with van der Waals surface area (Å²) in [5, 5.41) is 18.8. The summed E-state index contributed by atoms with van der Waals surface area (Å²) in [7, 11) is 1.24. The zero-order chi connectivity index (χ0) is 58.3. The quantitative estimate of drug-likeness (QED) is 0.0162. The molecule has 25 heteroatoms. The van der Waals surface area contributed by atoms with Gasteiger partial charge >= 0.3 is 24.2 Å². The lowest BCUT2D eigenvalue weighted by Crippen LogP contribution is -2.58. The number of fused-ring (bicyclic) bond motifs is 1. The molecule has 0 aliphatic heterocycles. The lowest BCUT2D eigenvalue weighted by Gasteiger charge is -2.26. The molecule has 0 bridgehead atoms. The third kappa shape index (κ3) is 20.1. The van der Waals surface area contributed by atoms with Crippen molar-refractivity contribution in [1.82, 2.24) is 46.3 Å². The van der Waals surface area contributed by atoms with Gasteiger partial charge in [-0.05, 0) is 138 Å². The van der Waals surface area contributed by atoms with Crippen LogP contribution in [-0.2, 0) is 39.8 Å². The second-order valence-electron chi connectivity index (χ2n) is 21.6. The number of carbonyl (C=O) groups is 7. The van der Waals surface area contributed by atoms with Crippen LogP contribution in [0.25, 0.3) is 16.9 Å². The van der Waals surface area contributed by atoms with E-state index in [0.717, 1.165) is 0 Å². The molecule has 4 aromatic rings. The van der Waals surface area contributed by atoms with Crippen LogP contribution in [-0.4, -0.2) is 124 Å². The summed E-state index contributed by atoms with van der Waals surface area (Å²) >= 11 is 0. The number of aliphatic imine (C=N–C) groups is 1. The molecule has 2 aromatic heterocycles. The van der Waals surface area contributed by atoms with Crippen LogP contribution < -0.4 is 42.0 Å². The van der Waals surface area contributed by atoms with Crippen molar-refractivity contribution in [3.05, 3.63) is 71.7 Å². The number of alkyl carbamates (subject to hydrolysis) is 2. The molecule has 1 unspecified atom stereocenters. The van der Waals surface area contributed by atoms with E-state index < -0.39 is 101 Å². The number of methoxy groups -OCH3 is 1. The molecule has 23 nitrogen and oxygen atoms in total. The molecular weight excluding hydrogens is 1020 g/mol. The Morgan fingerprint density at radius 3 is 1.99 bits per heavy atom. The van der Waals surface area contributed by atoms with Crippen LogP contribution in [0.5, 0.6) is 5.75 Å². The van der Waals surface area contributed by atoms with E-state index in [-0.39, 0.29) is 49.4 Å². The predicted octanol–water partition coefficient (Wildman–Crippen LogP) is 7.13. The molecule has 426 valence electrons.